The van der Waals surface area contributed by atoms with Gasteiger partial charge >= 0.3 is 0 Å². The second kappa shape index (κ2) is 35.0. The summed E-state index contributed by atoms with van der Waals surface area (Å²) in [6, 6.07) is -0.799. The molecule has 8 nitrogen and oxygen atoms in total. The third-order valence-corrected chi connectivity index (χ3v) is 10.7. The van der Waals surface area contributed by atoms with Crippen LogP contribution in [0.5, 0.6) is 0 Å². The number of allylic oxidation sites excluding steroid dienone is 2. The number of nitrogens with zero attached hydrogens (tertiary/aromatic N) is 1. The van der Waals surface area contributed by atoms with E-state index in [4.69, 9.17) is 9.05 Å². The van der Waals surface area contributed by atoms with E-state index in [1.54, 1.807) is 0 Å². The van der Waals surface area contributed by atoms with Crippen molar-refractivity contribution in [3.8, 4) is 0 Å². The van der Waals surface area contributed by atoms with Crippen molar-refractivity contribution in [1.29, 1.82) is 0 Å². The van der Waals surface area contributed by atoms with E-state index in [9.17, 15) is 19.4 Å². The van der Waals surface area contributed by atoms with Gasteiger partial charge in [0.2, 0.25) is 5.91 Å². The lowest BCUT2D eigenvalue weighted by molar-refractivity contribution is -0.870. The number of phosphoric acid groups is 1. The molecule has 0 fully saturated rings. The zero-order valence-corrected chi connectivity index (χ0v) is 35.2. The second-order valence-electron chi connectivity index (χ2n) is 16.1. The van der Waals surface area contributed by atoms with Crippen LogP contribution in [0.25, 0.3) is 0 Å². The molecule has 51 heavy (non-hydrogen) atoms. The topological polar surface area (TPSA) is 108 Å². The third kappa shape index (κ3) is 37.4. The highest BCUT2D eigenvalue weighted by atomic mass is 31.2. The van der Waals surface area contributed by atoms with Crippen LogP contribution in [0.3, 0.4) is 0 Å². The number of aliphatic hydroxyl groups is 1. The molecule has 0 aromatic rings. The number of hydrogen-bond acceptors (Lipinski definition) is 6. The largest absolute Gasteiger partial charge is 0.756 e. The maximum atomic E-state index is 12.8. The van der Waals surface area contributed by atoms with Crippen molar-refractivity contribution in [1.82, 2.24) is 5.32 Å². The first-order valence-electron chi connectivity index (χ1n) is 21.5. The number of nitrogens with one attached hydrogen (secondary N) is 1. The Morgan fingerprint density at radius 1 is 0.667 bits per heavy atom. The van der Waals surface area contributed by atoms with E-state index in [-0.39, 0.29) is 19.1 Å². The molecule has 0 heterocycles. The molecule has 0 rings (SSSR count). The Morgan fingerprint density at radius 3 is 1.59 bits per heavy atom. The van der Waals surface area contributed by atoms with Gasteiger partial charge in [-0.3, -0.25) is 9.36 Å². The minimum Gasteiger partial charge on any atom is -0.756 e. The molecule has 0 spiro atoms. The first-order valence-corrected chi connectivity index (χ1v) is 23.0. The normalized spacial score (nSPS) is 14.6. The van der Waals surface area contributed by atoms with Crippen LogP contribution in [0, 0.1) is 0 Å². The van der Waals surface area contributed by atoms with Crippen molar-refractivity contribution in [2.45, 2.75) is 212 Å². The summed E-state index contributed by atoms with van der Waals surface area (Å²) >= 11 is 0. The minimum atomic E-state index is -4.56. The number of aliphatic hydroxyl groups excluding tert-OH is 1. The average molecular weight is 745 g/mol. The molecule has 0 aromatic carbocycles. The summed E-state index contributed by atoms with van der Waals surface area (Å²) in [5, 5.41) is 13.9. The van der Waals surface area contributed by atoms with Crippen LogP contribution in [0.1, 0.15) is 200 Å². The number of rotatable bonds is 39. The summed E-state index contributed by atoms with van der Waals surface area (Å²) in [5.41, 5.74) is 0. The van der Waals surface area contributed by atoms with Crippen LogP contribution in [-0.4, -0.2) is 68.5 Å². The van der Waals surface area contributed by atoms with Gasteiger partial charge in [0.15, 0.2) is 0 Å². The van der Waals surface area contributed by atoms with Gasteiger partial charge < -0.3 is 28.8 Å². The summed E-state index contributed by atoms with van der Waals surface area (Å²) < 4.78 is 23.2. The molecule has 0 radical (unpaired) electrons. The molecular formula is C42H85N2O6P. The van der Waals surface area contributed by atoms with Crippen molar-refractivity contribution in [3.63, 3.8) is 0 Å². The Balaban J connectivity index is 4.34. The quantitative estimate of drug-likeness (QED) is 0.0281. The zero-order chi connectivity index (χ0) is 37.9. The molecule has 0 saturated heterocycles. The average Bonchev–Trinajstić information content (AvgIpc) is 3.07. The number of carbonyl (C=O) groups is 1. The Bertz CT molecular complexity index is 850. The standard InChI is InChI=1S/C42H85N2O6P/c1-6-8-10-12-14-16-18-19-20-21-22-23-24-26-27-29-31-33-35-41(45)40(39-50-51(47,48)49-38-37-44(3,4)5)43-42(46)36-34-32-30-28-25-17-15-13-11-9-7-2/h13,15,40-41,45H,6-12,14,16-39H2,1-5H3,(H-,43,46,47,48)/b15-13-. The lowest BCUT2D eigenvalue weighted by Crippen LogP contribution is -2.46. The van der Waals surface area contributed by atoms with Gasteiger partial charge in [0, 0.05) is 6.42 Å². The van der Waals surface area contributed by atoms with E-state index < -0.39 is 20.0 Å². The molecule has 2 N–H and O–H groups in total. The highest BCUT2D eigenvalue weighted by Crippen LogP contribution is 2.38. The van der Waals surface area contributed by atoms with Crippen molar-refractivity contribution in [2.24, 2.45) is 0 Å². The maximum absolute atomic E-state index is 12.8. The molecule has 0 saturated carbocycles. The second-order valence-corrected chi connectivity index (χ2v) is 17.5. The molecule has 3 atom stereocenters. The molecule has 304 valence electrons. The van der Waals surface area contributed by atoms with E-state index in [0.717, 1.165) is 51.4 Å². The number of amides is 1. The van der Waals surface area contributed by atoms with Crippen molar-refractivity contribution in [3.05, 3.63) is 12.2 Å². The molecule has 9 heteroatoms. The van der Waals surface area contributed by atoms with Gasteiger partial charge in [-0.25, -0.2) is 0 Å². The SMILES string of the molecule is CCCC/C=C\CCCCCCCC(=O)NC(COP(=O)([O-])OCC[N+](C)(C)C)C(O)CCCCCCCCCCCCCCCCCCCC. The predicted molar refractivity (Wildman–Crippen MR) is 215 cm³/mol. The smallest absolute Gasteiger partial charge is 0.268 e. The fraction of sp³-hybridized carbons (Fsp3) is 0.929. The Kier molecular flexibility index (Phi) is 34.5. The Labute approximate surface area is 316 Å². The van der Waals surface area contributed by atoms with Crippen LogP contribution in [-0.2, 0) is 18.4 Å². The molecule has 3 unspecified atom stereocenters. The summed E-state index contributed by atoms with van der Waals surface area (Å²) in [5.74, 6) is -0.175. The van der Waals surface area contributed by atoms with Gasteiger partial charge in [-0.15, -0.1) is 0 Å². The number of carbonyl (C=O) groups excluding carboxylic acids is 1. The van der Waals surface area contributed by atoms with Crippen molar-refractivity contribution in [2.75, 3.05) is 40.9 Å². The number of quaternary nitrogens is 1. The monoisotopic (exact) mass is 745 g/mol. The van der Waals surface area contributed by atoms with Crippen LogP contribution in [0.15, 0.2) is 12.2 Å². The maximum Gasteiger partial charge on any atom is 0.268 e. The van der Waals surface area contributed by atoms with Crippen molar-refractivity contribution < 1.29 is 32.9 Å². The predicted octanol–water partition coefficient (Wildman–Crippen LogP) is 10.9. The summed E-state index contributed by atoms with van der Waals surface area (Å²) in [6.45, 7) is 4.68. The van der Waals surface area contributed by atoms with E-state index in [1.165, 1.54) is 122 Å². The van der Waals surface area contributed by atoms with Gasteiger partial charge in [-0.05, 0) is 32.1 Å². The Hall–Kier alpha value is -0.760. The van der Waals surface area contributed by atoms with Gasteiger partial charge in [0.1, 0.15) is 13.2 Å². The molecule has 0 aliphatic rings. The fourth-order valence-corrected chi connectivity index (χ4v) is 6.98. The van der Waals surface area contributed by atoms with Gasteiger partial charge in [0.25, 0.3) is 7.82 Å². The Morgan fingerprint density at radius 2 is 1.10 bits per heavy atom. The van der Waals surface area contributed by atoms with Crippen molar-refractivity contribution >= 4 is 13.7 Å². The lowest BCUT2D eigenvalue weighted by Gasteiger charge is -2.30. The van der Waals surface area contributed by atoms with E-state index in [1.807, 2.05) is 21.1 Å². The number of hydrogen-bond donors (Lipinski definition) is 2. The highest BCUT2D eigenvalue weighted by Gasteiger charge is 2.24. The third-order valence-electron chi connectivity index (χ3n) is 9.75. The number of likely N-dealkylation sites (N-methyl/N-ethyl adjacent to an activating group) is 1. The van der Waals surface area contributed by atoms with Crippen LogP contribution < -0.4 is 10.2 Å². The van der Waals surface area contributed by atoms with E-state index >= 15 is 0 Å². The van der Waals surface area contributed by atoms with Gasteiger partial charge in [-0.2, -0.15) is 0 Å². The van der Waals surface area contributed by atoms with E-state index in [2.05, 4.69) is 31.3 Å². The molecule has 0 aliphatic heterocycles. The molecule has 0 aromatic heterocycles. The van der Waals surface area contributed by atoms with Crippen LogP contribution >= 0.6 is 7.82 Å². The molecule has 1 amide bonds. The molecule has 0 aliphatic carbocycles. The summed E-state index contributed by atoms with van der Waals surface area (Å²) in [6.07, 6.45) is 37.8. The molecule has 0 bridgehead atoms. The lowest BCUT2D eigenvalue weighted by atomic mass is 10.0. The van der Waals surface area contributed by atoms with Crippen LogP contribution in [0.4, 0.5) is 0 Å². The fourth-order valence-electron chi connectivity index (χ4n) is 6.26. The minimum absolute atomic E-state index is 0.0122. The zero-order valence-electron chi connectivity index (χ0n) is 34.3. The van der Waals surface area contributed by atoms with Gasteiger partial charge in [0.05, 0.1) is 39.9 Å². The number of phosphoric ester groups is 1. The van der Waals surface area contributed by atoms with Crippen LogP contribution in [0.2, 0.25) is 0 Å². The number of unbranched alkanes of at least 4 members (excludes halogenated alkanes) is 24. The summed E-state index contributed by atoms with van der Waals surface area (Å²) in [7, 11) is 1.30. The van der Waals surface area contributed by atoms with Gasteiger partial charge in [-0.1, -0.05) is 174 Å². The molecular weight excluding hydrogens is 659 g/mol. The van der Waals surface area contributed by atoms with E-state index in [0.29, 0.717) is 23.9 Å². The highest BCUT2D eigenvalue weighted by molar-refractivity contribution is 7.45. The first kappa shape index (κ1) is 50.2. The first-order chi connectivity index (χ1) is 24.5. The summed E-state index contributed by atoms with van der Waals surface area (Å²) in [4.78, 5) is 25.2.